The van der Waals surface area contributed by atoms with Crippen molar-refractivity contribution < 1.29 is 0 Å². The van der Waals surface area contributed by atoms with E-state index in [2.05, 4.69) is 182 Å². The molecule has 0 radical (unpaired) electrons. The number of thiophene rings is 1. The smallest absolute Gasteiger partial charge is 0.0972 e. The van der Waals surface area contributed by atoms with Gasteiger partial charge in [-0.25, -0.2) is 9.97 Å². The van der Waals surface area contributed by atoms with Crippen molar-refractivity contribution in [1.82, 2.24) is 9.97 Å². The average molecular weight is 708 g/mol. The van der Waals surface area contributed by atoms with E-state index >= 15 is 0 Å². The first kappa shape index (κ1) is 31.0. The van der Waals surface area contributed by atoms with Gasteiger partial charge in [0.1, 0.15) is 0 Å². The number of anilines is 1. The van der Waals surface area contributed by atoms with E-state index in [4.69, 9.17) is 9.97 Å². The van der Waals surface area contributed by atoms with Crippen molar-refractivity contribution >= 4 is 59.7 Å². The SMILES string of the molecule is CN1c2cc(-c3ccc(-c4ccc5ccc6ccc(-c7ccccc7)nc6c5n4)cc3)ccc2-c2c(sc3ccccc23)C1c1cccc2ccccc12. The van der Waals surface area contributed by atoms with Crippen LogP contribution in [0.4, 0.5) is 5.69 Å². The second-order valence-corrected chi connectivity index (χ2v) is 15.3. The fourth-order valence-corrected chi connectivity index (χ4v) is 9.82. The highest BCUT2D eigenvalue weighted by atomic mass is 32.1. The van der Waals surface area contributed by atoms with Crippen molar-refractivity contribution in [2.24, 2.45) is 0 Å². The summed E-state index contributed by atoms with van der Waals surface area (Å²) in [6.45, 7) is 0. The first-order chi connectivity index (χ1) is 26.7. The number of nitrogens with zero attached hydrogens (tertiary/aromatic N) is 3. The summed E-state index contributed by atoms with van der Waals surface area (Å²) in [5.41, 5.74) is 13.5. The highest BCUT2D eigenvalue weighted by Crippen LogP contribution is 2.54. The van der Waals surface area contributed by atoms with E-state index in [1.165, 1.54) is 59.2 Å². The molecule has 10 aromatic rings. The summed E-state index contributed by atoms with van der Waals surface area (Å²) in [5.74, 6) is 0. The molecule has 1 atom stereocenters. The molecule has 0 saturated heterocycles. The van der Waals surface area contributed by atoms with Crippen molar-refractivity contribution in [3.05, 3.63) is 186 Å². The Morgan fingerprint density at radius 1 is 0.481 bits per heavy atom. The second-order valence-electron chi connectivity index (χ2n) is 14.2. The normalized spacial score (nSPS) is 13.8. The van der Waals surface area contributed by atoms with Gasteiger partial charge in [-0.3, -0.25) is 0 Å². The van der Waals surface area contributed by atoms with Gasteiger partial charge in [0.25, 0.3) is 0 Å². The van der Waals surface area contributed by atoms with Crippen LogP contribution in [-0.4, -0.2) is 17.0 Å². The summed E-state index contributed by atoms with van der Waals surface area (Å²) in [6.07, 6.45) is 0. The quantitative estimate of drug-likeness (QED) is 0.171. The van der Waals surface area contributed by atoms with Crippen molar-refractivity contribution in [1.29, 1.82) is 0 Å². The fourth-order valence-electron chi connectivity index (χ4n) is 8.43. The van der Waals surface area contributed by atoms with Crippen molar-refractivity contribution in [2.75, 3.05) is 11.9 Å². The molecule has 0 saturated carbocycles. The first-order valence-corrected chi connectivity index (χ1v) is 19.2. The zero-order valence-electron chi connectivity index (χ0n) is 29.6. The molecule has 1 unspecified atom stereocenters. The lowest BCUT2D eigenvalue weighted by Crippen LogP contribution is -2.28. The Labute approximate surface area is 317 Å². The predicted molar refractivity (Wildman–Crippen MR) is 228 cm³/mol. The Balaban J connectivity index is 0.993. The van der Waals surface area contributed by atoms with Gasteiger partial charge in [0, 0.05) is 60.7 Å². The summed E-state index contributed by atoms with van der Waals surface area (Å²) < 4.78 is 1.33. The van der Waals surface area contributed by atoms with Crippen LogP contribution in [0.1, 0.15) is 16.5 Å². The Kier molecular flexibility index (Phi) is 7.01. The van der Waals surface area contributed by atoms with Crippen LogP contribution in [0.15, 0.2) is 176 Å². The molecular weight excluding hydrogens is 675 g/mol. The summed E-state index contributed by atoms with van der Waals surface area (Å²) in [5, 5.41) is 6.08. The molecule has 4 heterocycles. The van der Waals surface area contributed by atoms with Gasteiger partial charge in [-0.05, 0) is 51.7 Å². The molecular formula is C50H33N3S. The van der Waals surface area contributed by atoms with Crippen molar-refractivity contribution in [2.45, 2.75) is 6.04 Å². The van der Waals surface area contributed by atoms with E-state index in [-0.39, 0.29) is 6.04 Å². The molecule has 1 aliphatic heterocycles. The average Bonchev–Trinajstić information content (AvgIpc) is 3.63. The van der Waals surface area contributed by atoms with Gasteiger partial charge in [-0.1, -0.05) is 152 Å². The van der Waals surface area contributed by atoms with Gasteiger partial charge in [0.2, 0.25) is 0 Å². The number of benzene rings is 7. The molecule has 0 N–H and O–H groups in total. The lowest BCUT2D eigenvalue weighted by molar-refractivity contribution is 0.797. The monoisotopic (exact) mass is 707 g/mol. The lowest BCUT2D eigenvalue weighted by Gasteiger charge is -2.37. The van der Waals surface area contributed by atoms with Gasteiger partial charge in [-0.15, -0.1) is 11.3 Å². The highest BCUT2D eigenvalue weighted by Gasteiger charge is 2.34. The van der Waals surface area contributed by atoms with Crippen LogP contribution in [0.3, 0.4) is 0 Å². The van der Waals surface area contributed by atoms with Crippen LogP contribution < -0.4 is 4.90 Å². The third-order valence-electron chi connectivity index (χ3n) is 11.1. The summed E-state index contributed by atoms with van der Waals surface area (Å²) in [7, 11) is 2.26. The Bertz CT molecular complexity index is 3070. The van der Waals surface area contributed by atoms with Crippen LogP contribution in [-0.2, 0) is 0 Å². The Hall–Kier alpha value is -6.62. The second kappa shape index (κ2) is 12.2. The topological polar surface area (TPSA) is 29.0 Å². The van der Waals surface area contributed by atoms with Gasteiger partial charge < -0.3 is 4.90 Å². The zero-order chi connectivity index (χ0) is 35.8. The van der Waals surface area contributed by atoms with Crippen LogP contribution in [0, 0.1) is 0 Å². The number of aromatic nitrogens is 2. The molecule has 0 bridgehead atoms. The van der Waals surface area contributed by atoms with Gasteiger partial charge in [-0.2, -0.15) is 0 Å². The maximum atomic E-state index is 5.21. The van der Waals surface area contributed by atoms with E-state index in [0.717, 1.165) is 44.3 Å². The molecule has 7 aromatic carbocycles. The third-order valence-corrected chi connectivity index (χ3v) is 12.3. The van der Waals surface area contributed by atoms with Crippen molar-refractivity contribution in [3.8, 4) is 44.8 Å². The minimum absolute atomic E-state index is 0.0990. The van der Waals surface area contributed by atoms with Crippen molar-refractivity contribution in [3.63, 3.8) is 0 Å². The summed E-state index contributed by atoms with van der Waals surface area (Å²) in [4.78, 5) is 14.2. The number of hydrogen-bond donors (Lipinski definition) is 0. The van der Waals surface area contributed by atoms with E-state index in [1.807, 2.05) is 17.4 Å². The molecule has 3 nitrogen and oxygen atoms in total. The van der Waals surface area contributed by atoms with E-state index in [9.17, 15) is 0 Å². The predicted octanol–water partition coefficient (Wildman–Crippen LogP) is 13.4. The summed E-state index contributed by atoms with van der Waals surface area (Å²) in [6, 6.07) is 63.5. The van der Waals surface area contributed by atoms with Crippen LogP contribution >= 0.6 is 11.3 Å². The molecule has 0 amide bonds. The maximum absolute atomic E-state index is 5.21. The van der Waals surface area contributed by atoms with E-state index < -0.39 is 0 Å². The van der Waals surface area contributed by atoms with Gasteiger partial charge >= 0.3 is 0 Å². The number of pyridine rings is 2. The third kappa shape index (κ3) is 4.88. The van der Waals surface area contributed by atoms with Crippen LogP contribution in [0.2, 0.25) is 0 Å². The Morgan fingerprint density at radius 3 is 1.83 bits per heavy atom. The molecule has 3 aromatic heterocycles. The standard InChI is InChI=1S/C50H33N3S/c1-53-44-30-37(24-27-40(44)46-41-15-7-8-17-45(41)54-50(46)49(53)39-16-9-13-32-10-5-6-14-38(32)39)31-18-20-34(21-19-31)43-29-26-36-23-22-35-25-28-42(33-11-3-2-4-12-33)51-47(35)48(36)52-43/h2-30,49H,1H3. The molecule has 0 aliphatic carbocycles. The lowest BCUT2D eigenvalue weighted by atomic mass is 9.86. The highest BCUT2D eigenvalue weighted by molar-refractivity contribution is 7.19. The minimum atomic E-state index is 0.0990. The minimum Gasteiger partial charge on any atom is -0.362 e. The van der Waals surface area contributed by atoms with Gasteiger partial charge in [0.05, 0.1) is 28.5 Å². The summed E-state index contributed by atoms with van der Waals surface area (Å²) >= 11 is 1.93. The maximum Gasteiger partial charge on any atom is 0.0972 e. The molecule has 1 aliphatic rings. The molecule has 11 rings (SSSR count). The van der Waals surface area contributed by atoms with E-state index in [1.54, 1.807) is 0 Å². The molecule has 0 fully saturated rings. The van der Waals surface area contributed by atoms with Gasteiger partial charge in [0.15, 0.2) is 0 Å². The molecule has 254 valence electrons. The molecule has 54 heavy (non-hydrogen) atoms. The molecule has 0 spiro atoms. The number of fused-ring (bicyclic) bond motifs is 9. The van der Waals surface area contributed by atoms with Crippen LogP contribution in [0.25, 0.3) is 87.4 Å². The number of hydrogen-bond acceptors (Lipinski definition) is 4. The molecule has 4 heteroatoms. The first-order valence-electron chi connectivity index (χ1n) is 18.4. The zero-order valence-corrected chi connectivity index (χ0v) is 30.4. The largest absolute Gasteiger partial charge is 0.362 e. The van der Waals surface area contributed by atoms with Crippen LogP contribution in [0.5, 0.6) is 0 Å². The van der Waals surface area contributed by atoms with E-state index in [0.29, 0.717) is 0 Å². The Morgan fingerprint density at radius 2 is 1.07 bits per heavy atom. The fraction of sp³-hybridized carbons (Fsp3) is 0.0400. The number of rotatable bonds is 4.